The van der Waals surface area contributed by atoms with E-state index in [1.165, 1.54) is 6.07 Å². The molecule has 2 aromatic rings. The molecule has 124 valence electrons. The lowest BCUT2D eigenvalue weighted by Crippen LogP contribution is -2.33. The van der Waals surface area contributed by atoms with E-state index in [9.17, 15) is 13.9 Å². The number of benzene rings is 2. The van der Waals surface area contributed by atoms with Crippen LogP contribution < -0.4 is 0 Å². The van der Waals surface area contributed by atoms with E-state index in [0.29, 0.717) is 13.1 Å². The third-order valence-corrected chi connectivity index (χ3v) is 3.74. The molecule has 0 radical (unpaired) electrons. The maximum absolute atomic E-state index is 13.7. The van der Waals surface area contributed by atoms with Gasteiger partial charge < -0.3 is 10.2 Å². The summed E-state index contributed by atoms with van der Waals surface area (Å²) in [5.74, 6) is -1.52. The summed E-state index contributed by atoms with van der Waals surface area (Å²) in [5.41, 5.74) is 0.803. The second kappa shape index (κ2) is 8.72. The van der Waals surface area contributed by atoms with Crippen molar-refractivity contribution in [2.24, 2.45) is 0 Å². The molecule has 0 aliphatic rings. The number of halogens is 2. The van der Waals surface area contributed by atoms with Gasteiger partial charge in [0.2, 0.25) is 0 Å². The first-order valence-electron chi connectivity index (χ1n) is 7.61. The molecule has 2 rings (SSSR count). The Morgan fingerprint density at radius 2 is 1.57 bits per heavy atom. The molecule has 5 heteroatoms. The lowest BCUT2D eigenvalue weighted by Gasteiger charge is -2.25. The van der Waals surface area contributed by atoms with Crippen LogP contribution in [0.2, 0.25) is 0 Å². The number of aliphatic hydroxyl groups excluding tert-OH is 2. The van der Waals surface area contributed by atoms with Gasteiger partial charge in [-0.1, -0.05) is 36.4 Å². The van der Waals surface area contributed by atoms with Crippen LogP contribution in [-0.4, -0.2) is 41.4 Å². The van der Waals surface area contributed by atoms with E-state index in [2.05, 4.69) is 0 Å². The van der Waals surface area contributed by atoms with Crippen LogP contribution >= 0.6 is 0 Å². The maximum Gasteiger partial charge on any atom is 0.131 e. The van der Waals surface area contributed by atoms with Gasteiger partial charge in [0.05, 0.1) is 18.3 Å². The average molecular weight is 321 g/mol. The van der Waals surface area contributed by atoms with Gasteiger partial charge in [0.1, 0.15) is 11.6 Å². The van der Waals surface area contributed by atoms with Crippen molar-refractivity contribution in [2.45, 2.75) is 12.5 Å². The van der Waals surface area contributed by atoms with Crippen molar-refractivity contribution in [2.75, 3.05) is 26.2 Å². The average Bonchev–Trinajstić information content (AvgIpc) is 2.53. The van der Waals surface area contributed by atoms with Gasteiger partial charge in [0, 0.05) is 19.6 Å². The Kier molecular flexibility index (Phi) is 6.65. The topological polar surface area (TPSA) is 43.7 Å². The van der Waals surface area contributed by atoms with Crippen LogP contribution in [0.4, 0.5) is 8.78 Å². The second-order valence-corrected chi connectivity index (χ2v) is 5.41. The summed E-state index contributed by atoms with van der Waals surface area (Å²) in [5, 5.41) is 19.3. The number of hydrogen-bond donors (Lipinski definition) is 2. The van der Waals surface area contributed by atoms with Crippen LogP contribution in [0.1, 0.15) is 17.2 Å². The number of hydrogen-bond acceptors (Lipinski definition) is 3. The minimum Gasteiger partial charge on any atom is -0.395 e. The molecule has 0 saturated heterocycles. The first kappa shape index (κ1) is 17.5. The van der Waals surface area contributed by atoms with Crippen LogP contribution in [0.25, 0.3) is 0 Å². The van der Waals surface area contributed by atoms with E-state index < -0.39 is 17.7 Å². The van der Waals surface area contributed by atoms with Gasteiger partial charge in [-0.2, -0.15) is 0 Å². The van der Waals surface area contributed by atoms with E-state index in [-0.39, 0.29) is 18.7 Å². The van der Waals surface area contributed by atoms with Gasteiger partial charge in [-0.15, -0.1) is 0 Å². The third-order valence-electron chi connectivity index (χ3n) is 3.74. The number of rotatable bonds is 8. The fraction of sp³-hybridized carbons (Fsp3) is 0.333. The first-order chi connectivity index (χ1) is 11.1. The monoisotopic (exact) mass is 321 g/mol. The molecule has 0 amide bonds. The molecular weight excluding hydrogens is 300 g/mol. The van der Waals surface area contributed by atoms with Gasteiger partial charge in [0.25, 0.3) is 0 Å². The van der Waals surface area contributed by atoms with E-state index in [1.54, 1.807) is 4.90 Å². The molecule has 0 bridgehead atoms. The summed E-state index contributed by atoms with van der Waals surface area (Å²) in [6.45, 7) is 0.893. The van der Waals surface area contributed by atoms with Gasteiger partial charge in [-0.05, 0) is 24.1 Å². The van der Waals surface area contributed by atoms with Crippen LogP contribution in [0.3, 0.4) is 0 Å². The van der Waals surface area contributed by atoms with E-state index >= 15 is 0 Å². The normalized spacial score (nSPS) is 12.6. The Balaban J connectivity index is 2.00. The zero-order valence-corrected chi connectivity index (χ0v) is 12.8. The SMILES string of the molecule is OCCN(CCc1ccccc1)CC(O)c1c(F)cccc1F. The molecule has 0 aromatic heterocycles. The first-order valence-corrected chi connectivity index (χ1v) is 7.61. The highest BCUT2D eigenvalue weighted by Crippen LogP contribution is 2.21. The molecule has 0 fully saturated rings. The van der Waals surface area contributed by atoms with Crippen molar-refractivity contribution in [3.63, 3.8) is 0 Å². The third kappa shape index (κ3) is 5.10. The summed E-state index contributed by atoms with van der Waals surface area (Å²) in [7, 11) is 0. The lowest BCUT2D eigenvalue weighted by molar-refractivity contribution is 0.0953. The molecule has 0 spiro atoms. The molecule has 0 heterocycles. The quantitative estimate of drug-likeness (QED) is 0.785. The largest absolute Gasteiger partial charge is 0.395 e. The van der Waals surface area contributed by atoms with Crippen molar-refractivity contribution in [1.82, 2.24) is 4.90 Å². The fourth-order valence-electron chi connectivity index (χ4n) is 2.53. The molecule has 1 unspecified atom stereocenters. The Labute approximate surface area is 134 Å². The lowest BCUT2D eigenvalue weighted by atomic mass is 10.1. The van der Waals surface area contributed by atoms with Crippen LogP contribution in [-0.2, 0) is 6.42 Å². The highest BCUT2D eigenvalue weighted by molar-refractivity contribution is 5.22. The highest BCUT2D eigenvalue weighted by atomic mass is 19.1. The Morgan fingerprint density at radius 3 is 2.17 bits per heavy atom. The Bertz CT molecular complexity index is 587. The molecule has 0 saturated carbocycles. The highest BCUT2D eigenvalue weighted by Gasteiger charge is 2.20. The van der Waals surface area contributed by atoms with Crippen molar-refractivity contribution < 1.29 is 19.0 Å². The molecule has 23 heavy (non-hydrogen) atoms. The summed E-state index contributed by atoms with van der Waals surface area (Å²) in [4.78, 5) is 1.80. The van der Waals surface area contributed by atoms with Crippen LogP contribution in [0.15, 0.2) is 48.5 Å². The zero-order valence-electron chi connectivity index (χ0n) is 12.8. The molecule has 2 aromatic carbocycles. The van der Waals surface area contributed by atoms with E-state index in [4.69, 9.17) is 5.11 Å². The summed E-state index contributed by atoms with van der Waals surface area (Å²) < 4.78 is 27.4. The smallest absolute Gasteiger partial charge is 0.131 e. The van der Waals surface area contributed by atoms with Crippen molar-refractivity contribution in [3.05, 3.63) is 71.3 Å². The number of nitrogens with zero attached hydrogens (tertiary/aromatic N) is 1. The second-order valence-electron chi connectivity index (χ2n) is 5.41. The predicted molar refractivity (Wildman–Crippen MR) is 85.0 cm³/mol. The fourth-order valence-corrected chi connectivity index (χ4v) is 2.53. The summed E-state index contributed by atoms with van der Waals surface area (Å²) >= 11 is 0. The number of aliphatic hydroxyl groups is 2. The van der Waals surface area contributed by atoms with Crippen molar-refractivity contribution in [3.8, 4) is 0 Å². The van der Waals surface area contributed by atoms with Gasteiger partial charge in [-0.3, -0.25) is 4.90 Å². The zero-order chi connectivity index (χ0) is 16.7. The van der Waals surface area contributed by atoms with Crippen LogP contribution in [0.5, 0.6) is 0 Å². The molecule has 0 aliphatic heterocycles. The van der Waals surface area contributed by atoms with Crippen LogP contribution in [0, 0.1) is 11.6 Å². The molecule has 2 N–H and O–H groups in total. The van der Waals surface area contributed by atoms with E-state index in [1.807, 2.05) is 30.3 Å². The van der Waals surface area contributed by atoms with Gasteiger partial charge in [-0.25, -0.2) is 8.78 Å². The van der Waals surface area contributed by atoms with Crippen molar-refractivity contribution >= 4 is 0 Å². The molecule has 3 nitrogen and oxygen atoms in total. The standard InChI is InChI=1S/C18H21F2NO2/c19-15-7-4-8-16(20)18(15)17(23)13-21(11-12-22)10-9-14-5-2-1-3-6-14/h1-8,17,22-23H,9-13H2. The van der Waals surface area contributed by atoms with Crippen molar-refractivity contribution in [1.29, 1.82) is 0 Å². The van der Waals surface area contributed by atoms with E-state index in [0.717, 1.165) is 24.1 Å². The Hall–Kier alpha value is -1.82. The molecule has 0 aliphatic carbocycles. The van der Waals surface area contributed by atoms with Gasteiger partial charge >= 0.3 is 0 Å². The summed E-state index contributed by atoms with van der Waals surface area (Å²) in [6, 6.07) is 13.3. The minimum atomic E-state index is -1.28. The summed E-state index contributed by atoms with van der Waals surface area (Å²) in [6.07, 6.45) is -0.550. The predicted octanol–water partition coefficient (Wildman–Crippen LogP) is 2.54. The molecule has 1 atom stereocenters. The Morgan fingerprint density at radius 1 is 0.913 bits per heavy atom. The maximum atomic E-state index is 13.7. The minimum absolute atomic E-state index is 0.0608. The molecular formula is C18H21F2NO2. The van der Waals surface area contributed by atoms with Gasteiger partial charge in [0.15, 0.2) is 0 Å².